The Kier molecular flexibility index (Phi) is 3.91. The zero-order valence-electron chi connectivity index (χ0n) is 15.8. The lowest BCUT2D eigenvalue weighted by atomic mass is 9.88. The molecule has 6 nitrogen and oxygen atoms in total. The Bertz CT molecular complexity index is 1130. The monoisotopic (exact) mass is 367 g/mol. The topological polar surface area (TPSA) is 73.4 Å². The highest BCUT2D eigenvalue weighted by Gasteiger charge is 2.31. The van der Waals surface area contributed by atoms with Gasteiger partial charge in [-0.15, -0.1) is 0 Å². The van der Waals surface area contributed by atoms with Crippen molar-refractivity contribution in [2.45, 2.75) is 33.4 Å². The number of anilines is 1. The number of benzene rings is 1. The second-order valence-corrected chi connectivity index (χ2v) is 7.95. The maximum atomic E-state index is 13.8. The summed E-state index contributed by atoms with van der Waals surface area (Å²) in [6.45, 7) is 6.42. The van der Waals surface area contributed by atoms with Crippen molar-refractivity contribution >= 4 is 33.2 Å². The van der Waals surface area contributed by atoms with Crippen LogP contribution in [-0.2, 0) is 0 Å². The molecule has 1 aliphatic heterocycles. The molecule has 4 rings (SSSR count). The Morgan fingerprint density at radius 2 is 2.04 bits per heavy atom. The first-order chi connectivity index (χ1) is 12.7. The molecular formula is C20H22FN5O. The standard InChI is InChI=1S/C20H22FN5O/c1-20(2,3)15-10-16(26(4)25-15)24-18-12-7-8-22-19(27)17(12)13-9-11(21)5-6-14(13)23-18/h5-9,16H,10H2,1-4H3,(H,22,27)(H,23,24). The molecule has 0 amide bonds. The molecule has 1 aromatic carbocycles. The average Bonchev–Trinajstić information content (AvgIpc) is 2.96. The van der Waals surface area contributed by atoms with Crippen molar-refractivity contribution in [1.29, 1.82) is 0 Å². The Morgan fingerprint density at radius 1 is 1.26 bits per heavy atom. The van der Waals surface area contributed by atoms with E-state index in [2.05, 4.69) is 41.2 Å². The Balaban J connectivity index is 1.82. The number of hydrazone groups is 1. The van der Waals surface area contributed by atoms with Crippen LogP contribution in [0.2, 0.25) is 0 Å². The van der Waals surface area contributed by atoms with E-state index in [0.717, 1.165) is 12.1 Å². The van der Waals surface area contributed by atoms with Gasteiger partial charge in [-0.1, -0.05) is 20.8 Å². The molecule has 2 aromatic heterocycles. The summed E-state index contributed by atoms with van der Waals surface area (Å²) in [6.07, 6.45) is 2.28. The van der Waals surface area contributed by atoms with Gasteiger partial charge in [0.2, 0.25) is 0 Å². The highest BCUT2D eigenvalue weighted by Crippen LogP contribution is 2.31. The molecule has 3 heterocycles. The zero-order valence-corrected chi connectivity index (χ0v) is 15.8. The van der Waals surface area contributed by atoms with E-state index in [1.807, 2.05) is 12.1 Å². The smallest absolute Gasteiger partial charge is 0.256 e. The predicted molar refractivity (Wildman–Crippen MR) is 107 cm³/mol. The summed E-state index contributed by atoms with van der Waals surface area (Å²) in [7, 11) is 1.92. The van der Waals surface area contributed by atoms with Crippen molar-refractivity contribution in [2.75, 3.05) is 12.4 Å². The van der Waals surface area contributed by atoms with Crippen LogP contribution >= 0.6 is 0 Å². The van der Waals surface area contributed by atoms with Crippen LogP contribution in [0.25, 0.3) is 21.7 Å². The van der Waals surface area contributed by atoms with Crippen LogP contribution < -0.4 is 10.9 Å². The zero-order chi connectivity index (χ0) is 19.3. The minimum absolute atomic E-state index is 0.0156. The van der Waals surface area contributed by atoms with E-state index < -0.39 is 5.82 Å². The van der Waals surface area contributed by atoms with E-state index in [-0.39, 0.29) is 17.1 Å². The molecule has 3 aromatic rings. The van der Waals surface area contributed by atoms with Crippen LogP contribution in [0.15, 0.2) is 40.4 Å². The third-order valence-electron chi connectivity index (χ3n) is 4.96. The van der Waals surface area contributed by atoms with Gasteiger partial charge in [-0.2, -0.15) is 5.10 Å². The lowest BCUT2D eigenvalue weighted by molar-refractivity contribution is 0.311. The van der Waals surface area contributed by atoms with Gasteiger partial charge in [0.1, 0.15) is 17.8 Å². The molecule has 0 saturated carbocycles. The average molecular weight is 367 g/mol. The molecule has 1 aliphatic rings. The molecule has 27 heavy (non-hydrogen) atoms. The number of halogens is 1. The normalized spacial score (nSPS) is 17.6. The number of fused-ring (bicyclic) bond motifs is 3. The minimum Gasteiger partial charge on any atom is -0.348 e. The third-order valence-corrected chi connectivity index (χ3v) is 4.96. The summed E-state index contributed by atoms with van der Waals surface area (Å²) in [6, 6.07) is 6.09. The van der Waals surface area contributed by atoms with Crippen LogP contribution in [0.5, 0.6) is 0 Å². The number of rotatable bonds is 2. The number of H-pyrrole nitrogens is 1. The minimum atomic E-state index is -0.395. The predicted octanol–water partition coefficient (Wildman–Crippen LogP) is 3.69. The molecule has 7 heteroatoms. The molecule has 0 fully saturated rings. The quantitative estimate of drug-likeness (QED) is 0.678. The number of hydrogen-bond donors (Lipinski definition) is 2. The van der Waals surface area contributed by atoms with Crippen molar-refractivity contribution in [3.8, 4) is 0 Å². The van der Waals surface area contributed by atoms with E-state index in [9.17, 15) is 9.18 Å². The molecule has 0 saturated heterocycles. The second-order valence-electron chi connectivity index (χ2n) is 7.95. The van der Waals surface area contributed by atoms with Crippen molar-refractivity contribution in [3.05, 3.63) is 46.6 Å². The van der Waals surface area contributed by atoms with Gasteiger partial charge < -0.3 is 10.3 Å². The largest absolute Gasteiger partial charge is 0.348 e. The molecular weight excluding hydrogens is 345 g/mol. The molecule has 1 unspecified atom stereocenters. The summed E-state index contributed by atoms with van der Waals surface area (Å²) in [5.74, 6) is 0.200. The fraction of sp³-hybridized carbons (Fsp3) is 0.350. The molecule has 140 valence electrons. The number of nitrogens with zero attached hydrogens (tertiary/aromatic N) is 3. The van der Waals surface area contributed by atoms with Gasteiger partial charge in [-0.3, -0.25) is 9.80 Å². The number of aromatic nitrogens is 2. The second kappa shape index (κ2) is 6.04. The Morgan fingerprint density at radius 3 is 2.74 bits per heavy atom. The Hall–Kier alpha value is -2.96. The van der Waals surface area contributed by atoms with Crippen LogP contribution in [-0.4, -0.2) is 33.9 Å². The number of pyridine rings is 2. The van der Waals surface area contributed by atoms with Gasteiger partial charge in [0, 0.05) is 41.6 Å². The maximum Gasteiger partial charge on any atom is 0.256 e. The summed E-state index contributed by atoms with van der Waals surface area (Å²) in [4.78, 5) is 19.8. The summed E-state index contributed by atoms with van der Waals surface area (Å²) in [5, 5.41) is 11.6. The number of hydrogen-bond acceptors (Lipinski definition) is 5. The highest BCUT2D eigenvalue weighted by atomic mass is 19.1. The fourth-order valence-electron chi connectivity index (χ4n) is 3.41. The SMILES string of the molecule is CN1N=C(C(C)(C)C)CC1Nc1nc2ccc(F)cc2c2c(=O)[nH]ccc12. The van der Waals surface area contributed by atoms with Gasteiger partial charge in [0.15, 0.2) is 0 Å². The summed E-state index contributed by atoms with van der Waals surface area (Å²) < 4.78 is 13.8. The van der Waals surface area contributed by atoms with E-state index in [0.29, 0.717) is 27.5 Å². The van der Waals surface area contributed by atoms with Gasteiger partial charge in [-0.05, 0) is 24.3 Å². The van der Waals surface area contributed by atoms with Gasteiger partial charge in [-0.25, -0.2) is 9.37 Å². The van der Waals surface area contributed by atoms with Crippen LogP contribution in [0.4, 0.5) is 10.2 Å². The summed E-state index contributed by atoms with van der Waals surface area (Å²) in [5.41, 5.74) is 1.39. The highest BCUT2D eigenvalue weighted by molar-refractivity contribution is 6.09. The van der Waals surface area contributed by atoms with Crippen molar-refractivity contribution < 1.29 is 4.39 Å². The van der Waals surface area contributed by atoms with Gasteiger partial charge in [0.25, 0.3) is 5.56 Å². The van der Waals surface area contributed by atoms with Crippen molar-refractivity contribution in [1.82, 2.24) is 15.0 Å². The van der Waals surface area contributed by atoms with Crippen LogP contribution in [0.1, 0.15) is 27.2 Å². The van der Waals surface area contributed by atoms with Gasteiger partial charge >= 0.3 is 0 Å². The summed E-state index contributed by atoms with van der Waals surface area (Å²) >= 11 is 0. The third kappa shape index (κ3) is 3.03. The van der Waals surface area contributed by atoms with E-state index in [1.54, 1.807) is 18.3 Å². The number of aromatic amines is 1. The lowest BCUT2D eigenvalue weighted by Gasteiger charge is -2.22. The first-order valence-corrected chi connectivity index (χ1v) is 8.92. The van der Waals surface area contributed by atoms with E-state index in [1.165, 1.54) is 12.1 Å². The molecule has 0 spiro atoms. The molecule has 2 N–H and O–H groups in total. The first kappa shape index (κ1) is 17.5. The van der Waals surface area contributed by atoms with Crippen molar-refractivity contribution in [3.63, 3.8) is 0 Å². The maximum absolute atomic E-state index is 13.8. The number of nitrogens with one attached hydrogen (secondary N) is 2. The lowest BCUT2D eigenvalue weighted by Crippen LogP contribution is -2.32. The molecule has 0 bridgehead atoms. The van der Waals surface area contributed by atoms with E-state index >= 15 is 0 Å². The van der Waals surface area contributed by atoms with Crippen LogP contribution in [0, 0.1) is 11.2 Å². The fourth-order valence-corrected chi connectivity index (χ4v) is 3.41. The van der Waals surface area contributed by atoms with E-state index in [4.69, 9.17) is 0 Å². The first-order valence-electron chi connectivity index (χ1n) is 8.92. The molecule has 1 atom stereocenters. The van der Waals surface area contributed by atoms with Crippen molar-refractivity contribution in [2.24, 2.45) is 10.5 Å². The molecule has 0 radical (unpaired) electrons. The van der Waals surface area contributed by atoms with Crippen LogP contribution in [0.3, 0.4) is 0 Å². The molecule has 0 aliphatic carbocycles. The van der Waals surface area contributed by atoms with Gasteiger partial charge in [0.05, 0.1) is 10.9 Å². The Labute approximate surface area is 156 Å².